The zero-order valence-electron chi connectivity index (χ0n) is 18.3. The third-order valence-corrected chi connectivity index (χ3v) is 7.12. The molecule has 0 unspecified atom stereocenters. The van der Waals surface area contributed by atoms with Gasteiger partial charge in [-0.1, -0.05) is 47.1 Å². The summed E-state index contributed by atoms with van der Waals surface area (Å²) in [5.41, 5.74) is 3.50. The van der Waals surface area contributed by atoms with Crippen molar-refractivity contribution in [1.29, 1.82) is 0 Å². The van der Waals surface area contributed by atoms with Crippen LogP contribution in [0.1, 0.15) is 26.4 Å². The Morgan fingerprint density at radius 2 is 2.03 bits per heavy atom. The van der Waals surface area contributed by atoms with E-state index in [-0.39, 0.29) is 17.4 Å². The lowest BCUT2D eigenvalue weighted by Gasteiger charge is -2.18. The van der Waals surface area contributed by atoms with E-state index in [1.807, 2.05) is 49.6 Å². The topological polar surface area (TPSA) is 59.0 Å². The molecule has 0 radical (unpaired) electrons. The molecular formula is C25H21ClN2O3S2. The fourth-order valence-corrected chi connectivity index (χ4v) is 5.17. The number of nitrogens with zero attached hydrogens (tertiary/aromatic N) is 2. The van der Waals surface area contributed by atoms with Crippen LogP contribution in [0.5, 0.6) is 5.75 Å². The van der Waals surface area contributed by atoms with Crippen molar-refractivity contribution in [3.63, 3.8) is 0 Å². The molecule has 1 aliphatic heterocycles. The minimum absolute atomic E-state index is 0.0141. The van der Waals surface area contributed by atoms with Gasteiger partial charge in [0.25, 0.3) is 5.91 Å². The van der Waals surface area contributed by atoms with Gasteiger partial charge in [0.1, 0.15) is 11.4 Å². The second-order valence-electron chi connectivity index (χ2n) is 7.43. The van der Waals surface area contributed by atoms with Crippen molar-refractivity contribution < 1.29 is 14.3 Å². The number of ether oxygens (including phenoxy) is 1. The first kappa shape index (κ1) is 23.3. The summed E-state index contributed by atoms with van der Waals surface area (Å²) in [5.74, 6) is 0.381. The molecule has 5 nitrogen and oxygen atoms in total. The fourth-order valence-electron chi connectivity index (χ4n) is 3.37. The monoisotopic (exact) mass is 496 g/mol. The maximum atomic E-state index is 13.3. The van der Waals surface area contributed by atoms with E-state index in [1.165, 1.54) is 35.1 Å². The minimum atomic E-state index is -0.272. The lowest BCUT2D eigenvalue weighted by molar-refractivity contribution is -0.113. The Labute approximate surface area is 205 Å². The Morgan fingerprint density at radius 3 is 2.73 bits per heavy atom. The van der Waals surface area contributed by atoms with Crippen LogP contribution in [0.25, 0.3) is 6.08 Å². The SMILES string of the molecule is COc1ccc(N2C(=O)C(=Cc3cccs3)N=C2SCC(=O)c2cc(C)ccc2C)cc1Cl. The summed E-state index contributed by atoms with van der Waals surface area (Å²) >= 11 is 9.07. The van der Waals surface area contributed by atoms with Crippen molar-refractivity contribution in [1.82, 2.24) is 0 Å². The number of methoxy groups -OCH3 is 1. The van der Waals surface area contributed by atoms with Gasteiger partial charge in [0, 0.05) is 10.4 Å². The number of aryl methyl sites for hydroxylation is 2. The highest BCUT2D eigenvalue weighted by atomic mass is 35.5. The highest BCUT2D eigenvalue weighted by Gasteiger charge is 2.33. The van der Waals surface area contributed by atoms with Crippen LogP contribution in [0.15, 0.2) is 64.6 Å². The number of benzene rings is 2. The van der Waals surface area contributed by atoms with Gasteiger partial charge in [0.15, 0.2) is 11.0 Å². The maximum Gasteiger partial charge on any atom is 0.283 e. The van der Waals surface area contributed by atoms with Crippen molar-refractivity contribution in [3.8, 4) is 5.75 Å². The second kappa shape index (κ2) is 9.95. The largest absolute Gasteiger partial charge is 0.495 e. The molecule has 33 heavy (non-hydrogen) atoms. The summed E-state index contributed by atoms with van der Waals surface area (Å²) in [6, 6.07) is 14.8. The van der Waals surface area contributed by atoms with Crippen LogP contribution in [0.2, 0.25) is 5.02 Å². The van der Waals surface area contributed by atoms with Gasteiger partial charge in [-0.15, -0.1) is 11.3 Å². The summed E-state index contributed by atoms with van der Waals surface area (Å²) in [6.07, 6.45) is 1.76. The molecule has 1 amide bonds. The number of carbonyl (C=O) groups is 2. The van der Waals surface area contributed by atoms with E-state index in [0.717, 1.165) is 16.0 Å². The first-order valence-corrected chi connectivity index (χ1v) is 12.4. The summed E-state index contributed by atoms with van der Waals surface area (Å²) < 4.78 is 5.23. The van der Waals surface area contributed by atoms with E-state index < -0.39 is 0 Å². The average Bonchev–Trinajstić information content (AvgIpc) is 3.42. The van der Waals surface area contributed by atoms with Gasteiger partial charge in [0.05, 0.1) is 23.6 Å². The van der Waals surface area contributed by atoms with Gasteiger partial charge in [-0.25, -0.2) is 4.99 Å². The van der Waals surface area contributed by atoms with Gasteiger partial charge in [-0.3, -0.25) is 14.5 Å². The fraction of sp³-hybridized carbons (Fsp3) is 0.160. The lowest BCUT2D eigenvalue weighted by Crippen LogP contribution is -2.30. The van der Waals surface area contributed by atoms with E-state index >= 15 is 0 Å². The van der Waals surface area contributed by atoms with Gasteiger partial charge in [0.2, 0.25) is 0 Å². The Hall–Kier alpha value is -2.87. The summed E-state index contributed by atoms with van der Waals surface area (Å²) in [6.45, 7) is 3.88. The summed E-state index contributed by atoms with van der Waals surface area (Å²) in [4.78, 5) is 33.2. The lowest BCUT2D eigenvalue weighted by atomic mass is 10.0. The average molecular weight is 497 g/mol. The highest BCUT2D eigenvalue weighted by molar-refractivity contribution is 8.14. The molecule has 2 aromatic carbocycles. The summed E-state index contributed by atoms with van der Waals surface area (Å²) in [5, 5.41) is 2.76. The van der Waals surface area contributed by atoms with Gasteiger partial charge >= 0.3 is 0 Å². The Balaban J connectivity index is 1.65. The highest BCUT2D eigenvalue weighted by Crippen LogP contribution is 2.34. The zero-order valence-corrected chi connectivity index (χ0v) is 20.7. The Bertz CT molecular complexity index is 1280. The third kappa shape index (κ3) is 5.05. The van der Waals surface area contributed by atoms with E-state index in [9.17, 15) is 9.59 Å². The van der Waals surface area contributed by atoms with Crippen molar-refractivity contribution in [2.24, 2.45) is 4.99 Å². The van der Waals surface area contributed by atoms with E-state index in [2.05, 4.69) is 4.99 Å². The molecular weight excluding hydrogens is 476 g/mol. The molecule has 1 aliphatic rings. The van der Waals surface area contributed by atoms with Crippen LogP contribution in [0.3, 0.4) is 0 Å². The smallest absolute Gasteiger partial charge is 0.283 e. The molecule has 4 rings (SSSR count). The number of rotatable bonds is 6. The number of Topliss-reactive ketones (excluding diaryl/α,β-unsaturated/α-hetero) is 1. The number of hydrogen-bond acceptors (Lipinski definition) is 6. The molecule has 0 aliphatic carbocycles. The van der Waals surface area contributed by atoms with Crippen molar-refractivity contribution in [2.75, 3.05) is 17.8 Å². The molecule has 3 aromatic rings. The molecule has 0 bridgehead atoms. The van der Waals surface area contributed by atoms with Crippen molar-refractivity contribution >= 4 is 63.3 Å². The van der Waals surface area contributed by atoms with Crippen LogP contribution in [-0.2, 0) is 4.79 Å². The number of thioether (sulfide) groups is 1. The first-order chi connectivity index (χ1) is 15.9. The molecule has 0 saturated carbocycles. The Kier molecular flexibility index (Phi) is 7.02. The van der Waals surface area contributed by atoms with Gasteiger partial charge < -0.3 is 4.74 Å². The normalized spacial score (nSPS) is 14.7. The molecule has 8 heteroatoms. The first-order valence-electron chi connectivity index (χ1n) is 10.1. The van der Waals surface area contributed by atoms with E-state index in [4.69, 9.17) is 16.3 Å². The number of hydrogen-bond donors (Lipinski definition) is 0. The quantitative estimate of drug-likeness (QED) is 0.293. The molecule has 0 atom stereocenters. The van der Waals surface area contributed by atoms with Crippen LogP contribution < -0.4 is 9.64 Å². The number of amides is 1. The van der Waals surface area contributed by atoms with Crippen molar-refractivity contribution in [3.05, 3.63) is 86.2 Å². The molecule has 0 fully saturated rings. The van der Waals surface area contributed by atoms with Crippen LogP contribution in [0.4, 0.5) is 5.69 Å². The predicted octanol–water partition coefficient (Wildman–Crippen LogP) is 6.39. The number of carbonyl (C=O) groups excluding carboxylic acids is 2. The number of ketones is 1. The van der Waals surface area contributed by atoms with Gasteiger partial charge in [-0.2, -0.15) is 0 Å². The van der Waals surface area contributed by atoms with Crippen LogP contribution in [-0.4, -0.2) is 29.7 Å². The predicted molar refractivity (Wildman–Crippen MR) is 138 cm³/mol. The van der Waals surface area contributed by atoms with E-state index in [1.54, 1.807) is 24.3 Å². The molecule has 0 N–H and O–H groups in total. The molecule has 168 valence electrons. The number of amidine groups is 1. The maximum absolute atomic E-state index is 13.3. The van der Waals surface area contributed by atoms with Crippen LogP contribution >= 0.6 is 34.7 Å². The van der Waals surface area contributed by atoms with Gasteiger partial charge in [-0.05, 0) is 61.2 Å². The van der Waals surface area contributed by atoms with E-state index in [0.29, 0.717) is 32.9 Å². The zero-order chi connectivity index (χ0) is 23.5. The second-order valence-corrected chi connectivity index (χ2v) is 9.76. The molecule has 0 saturated heterocycles. The number of thiophene rings is 1. The number of aliphatic imine (C=N–C) groups is 1. The number of anilines is 1. The summed E-state index contributed by atoms with van der Waals surface area (Å²) in [7, 11) is 1.53. The third-order valence-electron chi connectivity index (χ3n) is 5.07. The van der Waals surface area contributed by atoms with Crippen LogP contribution in [0, 0.1) is 13.8 Å². The Morgan fingerprint density at radius 1 is 1.21 bits per heavy atom. The molecule has 2 heterocycles. The standard InChI is InChI=1S/C25H21ClN2O3S2/c1-15-6-7-16(2)19(11-15)22(29)14-33-25-27-21(13-18-5-4-10-32-18)24(30)28(25)17-8-9-23(31-3)20(26)12-17/h4-13H,14H2,1-3H3. The number of halogens is 1. The van der Waals surface area contributed by atoms with Crippen molar-refractivity contribution in [2.45, 2.75) is 13.8 Å². The minimum Gasteiger partial charge on any atom is -0.495 e. The molecule has 1 aromatic heterocycles. The molecule has 0 spiro atoms.